The number of nitrogens with zero attached hydrogens (tertiary/aromatic N) is 2. The second-order valence-electron chi connectivity index (χ2n) is 6.98. The second kappa shape index (κ2) is 9.17. The number of carbonyl (C=O) groups excluding carboxylic acids is 1. The van der Waals surface area contributed by atoms with E-state index in [-0.39, 0.29) is 17.3 Å². The molecule has 8 heteroatoms. The zero-order valence-corrected chi connectivity index (χ0v) is 18.2. The Hall–Kier alpha value is -1.74. The summed E-state index contributed by atoms with van der Waals surface area (Å²) < 4.78 is 27.6. The summed E-state index contributed by atoms with van der Waals surface area (Å²) in [5.74, 6) is -0.144. The number of hydrogen-bond acceptors (Lipinski definition) is 4. The van der Waals surface area contributed by atoms with Gasteiger partial charge in [-0.25, -0.2) is 8.42 Å². The molecule has 0 unspecified atom stereocenters. The van der Waals surface area contributed by atoms with E-state index in [2.05, 4.69) is 21.2 Å². The molecule has 1 N–H and O–H groups in total. The van der Waals surface area contributed by atoms with Crippen molar-refractivity contribution in [3.05, 3.63) is 58.6 Å². The molecule has 0 spiro atoms. The van der Waals surface area contributed by atoms with Crippen molar-refractivity contribution in [2.45, 2.75) is 24.3 Å². The Labute approximate surface area is 174 Å². The van der Waals surface area contributed by atoms with E-state index in [0.29, 0.717) is 25.3 Å². The predicted molar refractivity (Wildman–Crippen MR) is 114 cm³/mol. The minimum Gasteiger partial charge on any atom is -0.325 e. The van der Waals surface area contributed by atoms with Gasteiger partial charge in [0.05, 0.1) is 11.4 Å². The van der Waals surface area contributed by atoms with Gasteiger partial charge >= 0.3 is 0 Å². The highest BCUT2D eigenvalue weighted by Crippen LogP contribution is 2.22. The summed E-state index contributed by atoms with van der Waals surface area (Å²) in [5.41, 5.74) is 1.71. The monoisotopic (exact) mass is 465 g/mol. The number of nitrogens with one attached hydrogen (secondary N) is 1. The van der Waals surface area contributed by atoms with Crippen LogP contribution in [-0.4, -0.2) is 50.2 Å². The zero-order valence-electron chi connectivity index (χ0n) is 15.8. The van der Waals surface area contributed by atoms with Gasteiger partial charge in [-0.3, -0.25) is 9.69 Å². The number of likely N-dealkylation sites (N-methyl/N-ethyl adjacent to an activating group) is 1. The molecular formula is C20H24BrN3O3S. The average molecular weight is 466 g/mol. The van der Waals surface area contributed by atoms with Crippen molar-refractivity contribution in [3.8, 4) is 0 Å². The van der Waals surface area contributed by atoms with Gasteiger partial charge in [0, 0.05) is 29.8 Å². The van der Waals surface area contributed by atoms with E-state index in [4.69, 9.17) is 0 Å². The SMILES string of the molecule is CN(CC(=O)Nc1ccc(S(=O)(=O)N2CCCC2)cc1)Cc1ccc(Br)cc1. The fourth-order valence-corrected chi connectivity index (χ4v) is 4.97. The largest absolute Gasteiger partial charge is 0.325 e. The van der Waals surface area contributed by atoms with Gasteiger partial charge in [0.25, 0.3) is 0 Å². The smallest absolute Gasteiger partial charge is 0.243 e. The van der Waals surface area contributed by atoms with E-state index in [1.54, 1.807) is 24.3 Å². The molecule has 6 nitrogen and oxygen atoms in total. The third-order valence-electron chi connectivity index (χ3n) is 4.62. The van der Waals surface area contributed by atoms with Gasteiger partial charge in [-0.05, 0) is 61.9 Å². The molecule has 1 fully saturated rings. The molecule has 0 bridgehead atoms. The maximum absolute atomic E-state index is 12.5. The van der Waals surface area contributed by atoms with E-state index >= 15 is 0 Å². The highest BCUT2D eigenvalue weighted by Gasteiger charge is 2.26. The van der Waals surface area contributed by atoms with Gasteiger partial charge < -0.3 is 5.32 Å². The van der Waals surface area contributed by atoms with Crippen LogP contribution in [0.5, 0.6) is 0 Å². The summed E-state index contributed by atoms with van der Waals surface area (Å²) in [7, 11) is -1.55. The normalized spacial score (nSPS) is 15.1. The Balaban J connectivity index is 1.54. The highest BCUT2D eigenvalue weighted by atomic mass is 79.9. The van der Waals surface area contributed by atoms with Crippen molar-refractivity contribution >= 4 is 37.5 Å². The van der Waals surface area contributed by atoms with E-state index in [9.17, 15) is 13.2 Å². The van der Waals surface area contributed by atoms with Crippen molar-refractivity contribution in [1.82, 2.24) is 9.21 Å². The van der Waals surface area contributed by atoms with E-state index in [0.717, 1.165) is 22.9 Å². The molecular weight excluding hydrogens is 442 g/mol. The molecule has 1 aliphatic heterocycles. The van der Waals surface area contributed by atoms with Gasteiger partial charge in [-0.1, -0.05) is 28.1 Å². The Morgan fingerprint density at radius 2 is 1.68 bits per heavy atom. The minimum atomic E-state index is -3.43. The number of sulfonamides is 1. The van der Waals surface area contributed by atoms with Crippen LogP contribution in [0.2, 0.25) is 0 Å². The van der Waals surface area contributed by atoms with Crippen LogP contribution in [0.4, 0.5) is 5.69 Å². The van der Waals surface area contributed by atoms with E-state index < -0.39 is 10.0 Å². The number of amides is 1. The van der Waals surface area contributed by atoms with Crippen molar-refractivity contribution in [2.75, 3.05) is 32.0 Å². The van der Waals surface area contributed by atoms with Gasteiger partial charge in [-0.2, -0.15) is 4.31 Å². The number of anilines is 1. The first-order chi connectivity index (χ1) is 13.3. The van der Waals surface area contributed by atoms with Crippen LogP contribution in [-0.2, 0) is 21.4 Å². The van der Waals surface area contributed by atoms with E-state index in [1.165, 1.54) is 4.31 Å². The lowest BCUT2D eigenvalue weighted by atomic mass is 10.2. The fraction of sp³-hybridized carbons (Fsp3) is 0.350. The number of hydrogen-bond donors (Lipinski definition) is 1. The Morgan fingerprint density at radius 3 is 2.29 bits per heavy atom. The Bertz CT molecular complexity index is 909. The molecule has 0 aromatic heterocycles. The topological polar surface area (TPSA) is 69.7 Å². The van der Waals surface area contributed by atoms with Gasteiger partial charge in [-0.15, -0.1) is 0 Å². The molecule has 3 rings (SSSR count). The fourth-order valence-electron chi connectivity index (χ4n) is 3.19. The number of carbonyl (C=O) groups is 1. The zero-order chi connectivity index (χ0) is 20.1. The first-order valence-corrected chi connectivity index (χ1v) is 11.4. The van der Waals surface area contributed by atoms with Gasteiger partial charge in [0.1, 0.15) is 0 Å². The summed E-state index contributed by atoms with van der Waals surface area (Å²) >= 11 is 3.41. The third-order valence-corrected chi connectivity index (χ3v) is 7.06. The summed E-state index contributed by atoms with van der Waals surface area (Å²) in [6.07, 6.45) is 1.81. The Kier molecular flexibility index (Phi) is 6.87. The average Bonchev–Trinajstić information content (AvgIpc) is 3.19. The van der Waals surface area contributed by atoms with Crippen LogP contribution in [0.3, 0.4) is 0 Å². The molecule has 2 aromatic rings. The minimum absolute atomic E-state index is 0.144. The molecule has 1 aliphatic rings. The molecule has 28 heavy (non-hydrogen) atoms. The molecule has 150 valence electrons. The molecule has 1 heterocycles. The predicted octanol–water partition coefficient (Wildman–Crippen LogP) is 3.30. The molecule has 0 saturated carbocycles. The van der Waals surface area contributed by atoms with Crippen LogP contribution in [0.15, 0.2) is 57.9 Å². The van der Waals surface area contributed by atoms with Crippen molar-refractivity contribution in [3.63, 3.8) is 0 Å². The van der Waals surface area contributed by atoms with Crippen LogP contribution in [0.25, 0.3) is 0 Å². The highest BCUT2D eigenvalue weighted by molar-refractivity contribution is 9.10. The molecule has 1 saturated heterocycles. The standard InChI is InChI=1S/C20H24BrN3O3S/c1-23(14-16-4-6-17(21)7-5-16)15-20(25)22-18-8-10-19(11-9-18)28(26,27)24-12-2-3-13-24/h4-11H,2-3,12-15H2,1H3,(H,22,25). The quantitative estimate of drug-likeness (QED) is 0.680. The lowest BCUT2D eigenvalue weighted by Crippen LogP contribution is -2.30. The molecule has 1 amide bonds. The van der Waals surface area contributed by atoms with Crippen molar-refractivity contribution < 1.29 is 13.2 Å². The molecule has 0 aliphatic carbocycles. The maximum atomic E-state index is 12.5. The number of halogens is 1. The van der Waals surface area contributed by atoms with Gasteiger partial charge in [0.2, 0.25) is 15.9 Å². The summed E-state index contributed by atoms with van der Waals surface area (Å²) in [5, 5.41) is 2.82. The first kappa shape index (κ1) is 21.0. The van der Waals surface area contributed by atoms with Crippen LogP contribution >= 0.6 is 15.9 Å². The van der Waals surface area contributed by atoms with E-state index in [1.807, 2.05) is 36.2 Å². The summed E-state index contributed by atoms with van der Waals surface area (Å²) in [4.78, 5) is 14.5. The van der Waals surface area contributed by atoms with Crippen LogP contribution < -0.4 is 5.32 Å². The second-order valence-corrected chi connectivity index (χ2v) is 9.84. The molecule has 0 radical (unpaired) electrons. The number of benzene rings is 2. The lowest BCUT2D eigenvalue weighted by molar-refractivity contribution is -0.117. The summed E-state index contributed by atoms with van der Waals surface area (Å²) in [6, 6.07) is 14.3. The third kappa shape index (κ3) is 5.41. The van der Waals surface area contributed by atoms with Crippen molar-refractivity contribution in [1.29, 1.82) is 0 Å². The van der Waals surface area contributed by atoms with Crippen LogP contribution in [0, 0.1) is 0 Å². The number of rotatable bonds is 7. The Morgan fingerprint density at radius 1 is 1.07 bits per heavy atom. The summed E-state index contributed by atoms with van der Waals surface area (Å²) in [6.45, 7) is 2.05. The molecule has 2 aromatic carbocycles. The maximum Gasteiger partial charge on any atom is 0.243 e. The van der Waals surface area contributed by atoms with Crippen molar-refractivity contribution in [2.24, 2.45) is 0 Å². The lowest BCUT2D eigenvalue weighted by Gasteiger charge is -2.17. The van der Waals surface area contributed by atoms with Gasteiger partial charge in [0.15, 0.2) is 0 Å². The first-order valence-electron chi connectivity index (χ1n) is 9.18. The van der Waals surface area contributed by atoms with Crippen LogP contribution in [0.1, 0.15) is 18.4 Å². The molecule has 0 atom stereocenters.